The molecule has 0 aromatic heterocycles. The summed E-state index contributed by atoms with van der Waals surface area (Å²) in [5, 5.41) is 12.4. The van der Waals surface area contributed by atoms with Crippen molar-refractivity contribution in [3.8, 4) is 0 Å². The first kappa shape index (κ1) is 15.0. The molecule has 1 aromatic carbocycles. The first-order chi connectivity index (χ1) is 9.65. The molecule has 1 saturated heterocycles. The van der Waals surface area contributed by atoms with Crippen molar-refractivity contribution in [3.63, 3.8) is 0 Å². The fourth-order valence-electron chi connectivity index (χ4n) is 2.77. The lowest BCUT2D eigenvalue weighted by Crippen LogP contribution is -2.37. The van der Waals surface area contributed by atoms with Crippen LogP contribution in [0.1, 0.15) is 30.9 Å². The van der Waals surface area contributed by atoms with Crippen LogP contribution in [-0.4, -0.2) is 41.7 Å². The standard InChI is InChI=1S/C16H24N2O2/c1-13(12-18-8-4-5-9-18)17-11-15-7-3-2-6-14(15)10-16(19)20/h2-3,6-7,13,17H,4-5,8-12H2,1H3,(H,19,20). The number of carboxylic acid groups (broad SMARTS) is 1. The molecule has 2 N–H and O–H groups in total. The zero-order chi connectivity index (χ0) is 14.4. The Morgan fingerprint density at radius 3 is 2.60 bits per heavy atom. The fraction of sp³-hybridized carbons (Fsp3) is 0.562. The van der Waals surface area contributed by atoms with Crippen LogP contribution in [0, 0.1) is 0 Å². The molecule has 1 aliphatic rings. The van der Waals surface area contributed by atoms with E-state index in [9.17, 15) is 4.79 Å². The largest absolute Gasteiger partial charge is 0.481 e. The van der Waals surface area contributed by atoms with E-state index in [0.717, 1.165) is 24.2 Å². The minimum atomic E-state index is -0.775. The summed E-state index contributed by atoms with van der Waals surface area (Å²) >= 11 is 0. The Morgan fingerprint density at radius 2 is 1.95 bits per heavy atom. The molecule has 1 unspecified atom stereocenters. The molecule has 0 saturated carbocycles. The maximum Gasteiger partial charge on any atom is 0.307 e. The number of nitrogens with one attached hydrogen (secondary N) is 1. The van der Waals surface area contributed by atoms with Crippen molar-refractivity contribution in [3.05, 3.63) is 35.4 Å². The molecule has 0 radical (unpaired) electrons. The zero-order valence-electron chi connectivity index (χ0n) is 12.1. The number of nitrogens with zero attached hydrogens (tertiary/aromatic N) is 1. The van der Waals surface area contributed by atoms with Gasteiger partial charge in [-0.1, -0.05) is 24.3 Å². The van der Waals surface area contributed by atoms with Crippen LogP contribution < -0.4 is 5.32 Å². The predicted molar refractivity (Wildman–Crippen MR) is 79.8 cm³/mol. The first-order valence-electron chi connectivity index (χ1n) is 7.39. The average Bonchev–Trinajstić information content (AvgIpc) is 2.90. The molecule has 1 aromatic rings. The molecule has 2 rings (SSSR count). The van der Waals surface area contributed by atoms with Gasteiger partial charge in [0.1, 0.15) is 0 Å². The Bertz CT molecular complexity index is 442. The molecule has 1 heterocycles. The van der Waals surface area contributed by atoms with Gasteiger partial charge in [-0.15, -0.1) is 0 Å². The Labute approximate surface area is 120 Å². The summed E-state index contributed by atoms with van der Waals surface area (Å²) in [7, 11) is 0. The molecule has 1 aliphatic heterocycles. The quantitative estimate of drug-likeness (QED) is 0.798. The minimum absolute atomic E-state index is 0.0956. The normalized spacial score (nSPS) is 17.2. The van der Waals surface area contributed by atoms with E-state index in [-0.39, 0.29) is 6.42 Å². The number of likely N-dealkylation sites (tertiary alicyclic amines) is 1. The van der Waals surface area contributed by atoms with Crippen LogP contribution in [0.5, 0.6) is 0 Å². The second-order valence-corrected chi connectivity index (χ2v) is 5.63. The highest BCUT2D eigenvalue weighted by Gasteiger charge is 2.14. The van der Waals surface area contributed by atoms with Crippen LogP contribution in [0.3, 0.4) is 0 Å². The Kier molecular flexibility index (Phi) is 5.56. The maximum atomic E-state index is 10.9. The number of hydrogen-bond acceptors (Lipinski definition) is 3. The summed E-state index contributed by atoms with van der Waals surface area (Å²) in [6, 6.07) is 8.19. The molecule has 1 fully saturated rings. The molecule has 0 bridgehead atoms. The van der Waals surface area contributed by atoms with Gasteiger partial charge in [0, 0.05) is 19.1 Å². The minimum Gasteiger partial charge on any atom is -0.481 e. The van der Waals surface area contributed by atoms with Crippen molar-refractivity contribution in [2.75, 3.05) is 19.6 Å². The van der Waals surface area contributed by atoms with Crippen molar-refractivity contribution < 1.29 is 9.90 Å². The number of benzene rings is 1. The summed E-state index contributed by atoms with van der Waals surface area (Å²) in [6.45, 7) is 6.42. The summed E-state index contributed by atoms with van der Waals surface area (Å²) < 4.78 is 0. The van der Waals surface area contributed by atoms with Gasteiger partial charge in [-0.3, -0.25) is 4.79 Å². The van der Waals surface area contributed by atoms with Crippen LogP contribution in [0.2, 0.25) is 0 Å². The molecule has 0 amide bonds. The Morgan fingerprint density at radius 1 is 1.30 bits per heavy atom. The van der Waals surface area contributed by atoms with Gasteiger partial charge in [-0.2, -0.15) is 0 Å². The van der Waals surface area contributed by atoms with E-state index in [1.807, 2.05) is 24.3 Å². The van der Waals surface area contributed by atoms with Crippen LogP contribution in [0.15, 0.2) is 24.3 Å². The summed E-state index contributed by atoms with van der Waals surface area (Å²) in [4.78, 5) is 13.3. The Balaban J connectivity index is 1.84. The number of aliphatic carboxylic acids is 1. The molecule has 4 heteroatoms. The van der Waals surface area contributed by atoms with E-state index < -0.39 is 5.97 Å². The second kappa shape index (κ2) is 7.41. The van der Waals surface area contributed by atoms with Gasteiger partial charge in [0.25, 0.3) is 0 Å². The van der Waals surface area contributed by atoms with Crippen molar-refractivity contribution in [1.29, 1.82) is 0 Å². The summed E-state index contributed by atoms with van der Waals surface area (Å²) in [5.74, 6) is -0.775. The maximum absolute atomic E-state index is 10.9. The van der Waals surface area contributed by atoms with Gasteiger partial charge in [0.15, 0.2) is 0 Å². The number of rotatable bonds is 7. The third kappa shape index (κ3) is 4.62. The van der Waals surface area contributed by atoms with Crippen LogP contribution in [0.25, 0.3) is 0 Å². The topological polar surface area (TPSA) is 52.6 Å². The molecular formula is C16H24N2O2. The number of hydrogen-bond donors (Lipinski definition) is 2. The fourth-order valence-corrected chi connectivity index (χ4v) is 2.77. The highest BCUT2D eigenvalue weighted by molar-refractivity contribution is 5.70. The molecule has 20 heavy (non-hydrogen) atoms. The van der Waals surface area contributed by atoms with Gasteiger partial charge >= 0.3 is 5.97 Å². The SMILES string of the molecule is CC(CN1CCCC1)NCc1ccccc1CC(=O)O. The van der Waals surface area contributed by atoms with Gasteiger partial charge in [0.05, 0.1) is 6.42 Å². The molecular weight excluding hydrogens is 252 g/mol. The van der Waals surface area contributed by atoms with Crippen LogP contribution in [0.4, 0.5) is 0 Å². The van der Waals surface area contributed by atoms with Gasteiger partial charge in [-0.05, 0) is 44.0 Å². The highest BCUT2D eigenvalue weighted by atomic mass is 16.4. The lowest BCUT2D eigenvalue weighted by molar-refractivity contribution is -0.136. The molecule has 0 aliphatic carbocycles. The third-order valence-corrected chi connectivity index (χ3v) is 3.83. The number of carbonyl (C=O) groups is 1. The monoisotopic (exact) mass is 276 g/mol. The molecule has 0 spiro atoms. The summed E-state index contributed by atoms with van der Waals surface area (Å²) in [5.41, 5.74) is 1.99. The van der Waals surface area contributed by atoms with Gasteiger partial charge in [0.2, 0.25) is 0 Å². The molecule has 1 atom stereocenters. The lowest BCUT2D eigenvalue weighted by atomic mass is 10.0. The lowest BCUT2D eigenvalue weighted by Gasteiger charge is -2.21. The molecule has 4 nitrogen and oxygen atoms in total. The van der Waals surface area contributed by atoms with E-state index in [2.05, 4.69) is 17.1 Å². The first-order valence-corrected chi connectivity index (χ1v) is 7.39. The van der Waals surface area contributed by atoms with E-state index in [0.29, 0.717) is 6.04 Å². The van der Waals surface area contributed by atoms with Crippen molar-refractivity contribution >= 4 is 5.97 Å². The second-order valence-electron chi connectivity index (χ2n) is 5.63. The van der Waals surface area contributed by atoms with Crippen molar-refractivity contribution in [1.82, 2.24) is 10.2 Å². The predicted octanol–water partition coefficient (Wildman–Crippen LogP) is 1.89. The van der Waals surface area contributed by atoms with Crippen LogP contribution >= 0.6 is 0 Å². The average molecular weight is 276 g/mol. The smallest absolute Gasteiger partial charge is 0.307 e. The van der Waals surface area contributed by atoms with Crippen molar-refractivity contribution in [2.45, 2.75) is 38.8 Å². The van der Waals surface area contributed by atoms with Gasteiger partial charge < -0.3 is 15.3 Å². The van der Waals surface area contributed by atoms with E-state index in [1.165, 1.54) is 25.9 Å². The van der Waals surface area contributed by atoms with E-state index in [4.69, 9.17) is 5.11 Å². The van der Waals surface area contributed by atoms with E-state index >= 15 is 0 Å². The zero-order valence-corrected chi connectivity index (χ0v) is 12.1. The van der Waals surface area contributed by atoms with Crippen LogP contribution in [-0.2, 0) is 17.8 Å². The Hall–Kier alpha value is -1.39. The number of carboxylic acids is 1. The van der Waals surface area contributed by atoms with Gasteiger partial charge in [-0.25, -0.2) is 0 Å². The third-order valence-electron chi connectivity index (χ3n) is 3.83. The summed E-state index contributed by atoms with van der Waals surface area (Å²) in [6.07, 6.45) is 2.72. The molecule has 110 valence electrons. The van der Waals surface area contributed by atoms with E-state index in [1.54, 1.807) is 0 Å². The highest BCUT2D eigenvalue weighted by Crippen LogP contribution is 2.11. The van der Waals surface area contributed by atoms with Crippen molar-refractivity contribution in [2.24, 2.45) is 0 Å².